The highest BCUT2D eigenvalue weighted by Crippen LogP contribution is 2.41. The zero-order valence-electron chi connectivity index (χ0n) is 20.4. The molecule has 6 rings (SSSR count). The van der Waals surface area contributed by atoms with Gasteiger partial charge in [-0.05, 0) is 40.6 Å². The summed E-state index contributed by atoms with van der Waals surface area (Å²) in [4.78, 5) is 12.9. The average Bonchev–Trinajstić information content (AvgIpc) is 3.65. The number of benzene rings is 3. The second-order valence-corrected chi connectivity index (χ2v) is 9.11. The third kappa shape index (κ3) is 3.78. The van der Waals surface area contributed by atoms with E-state index < -0.39 is 12.0 Å². The molecule has 6 aromatic rings. The van der Waals surface area contributed by atoms with E-state index in [0.717, 1.165) is 51.6 Å². The molecule has 0 saturated carbocycles. The highest BCUT2D eigenvalue weighted by molar-refractivity contribution is 6.05. The normalized spacial score (nSPS) is 12.4. The van der Waals surface area contributed by atoms with Crippen LogP contribution in [0, 0.1) is 0 Å². The molecular weight excluding hydrogens is 464 g/mol. The minimum absolute atomic E-state index is 0.319. The number of fused-ring (bicyclic) bond motifs is 2. The van der Waals surface area contributed by atoms with Crippen LogP contribution in [-0.4, -0.2) is 40.8 Å². The predicted molar refractivity (Wildman–Crippen MR) is 143 cm³/mol. The van der Waals surface area contributed by atoms with Crippen LogP contribution in [0.15, 0.2) is 84.9 Å². The number of H-pyrrole nitrogens is 1. The summed E-state index contributed by atoms with van der Waals surface area (Å²) in [6.45, 7) is 2.86. The average molecular weight is 491 g/mol. The zero-order valence-corrected chi connectivity index (χ0v) is 20.4. The summed E-state index contributed by atoms with van der Waals surface area (Å²) in [6, 6.07) is 27.5. The number of carboxylic acids is 1. The lowest BCUT2D eigenvalue weighted by Crippen LogP contribution is -2.20. The number of nitrogens with zero attached hydrogens (tertiary/aromatic N) is 5. The minimum Gasteiger partial charge on any atom is -0.478 e. The van der Waals surface area contributed by atoms with E-state index in [-0.39, 0.29) is 0 Å². The lowest BCUT2D eigenvalue weighted by molar-refractivity contribution is 0.0697. The highest BCUT2D eigenvalue weighted by atomic mass is 16.4. The first-order valence-electron chi connectivity index (χ1n) is 12.4. The van der Waals surface area contributed by atoms with Gasteiger partial charge in [0, 0.05) is 28.4 Å². The van der Waals surface area contributed by atoms with Crippen molar-refractivity contribution in [1.82, 2.24) is 29.8 Å². The quantitative estimate of drug-likeness (QED) is 0.276. The summed E-state index contributed by atoms with van der Waals surface area (Å²) in [6.07, 6.45) is 1.92. The van der Waals surface area contributed by atoms with Crippen LogP contribution in [0.4, 0.5) is 0 Å². The molecule has 0 aliphatic rings. The summed E-state index contributed by atoms with van der Waals surface area (Å²) in [5, 5.41) is 27.1. The van der Waals surface area contributed by atoms with E-state index in [1.54, 1.807) is 0 Å². The SMILES string of the molecule is CCCCn1c(C(c2ccccc2)n2c(-c3nnn[nH]3)cc3ccccc32)c(C(=O)O)c2ccccc21. The monoisotopic (exact) mass is 490 g/mol. The fourth-order valence-corrected chi connectivity index (χ4v) is 5.36. The van der Waals surface area contributed by atoms with Crippen LogP contribution in [0.2, 0.25) is 0 Å². The second kappa shape index (κ2) is 9.39. The number of carbonyl (C=O) groups is 1. The van der Waals surface area contributed by atoms with Crippen molar-refractivity contribution in [2.24, 2.45) is 0 Å². The van der Waals surface area contributed by atoms with E-state index in [0.29, 0.717) is 17.9 Å². The van der Waals surface area contributed by atoms with Gasteiger partial charge in [0.05, 0.1) is 17.0 Å². The smallest absolute Gasteiger partial charge is 0.338 e. The first kappa shape index (κ1) is 22.7. The molecule has 1 atom stereocenters. The van der Waals surface area contributed by atoms with Crippen molar-refractivity contribution in [2.75, 3.05) is 0 Å². The molecule has 0 saturated heterocycles. The maximum absolute atomic E-state index is 12.9. The third-order valence-electron chi connectivity index (χ3n) is 6.93. The summed E-state index contributed by atoms with van der Waals surface area (Å²) in [5.41, 5.74) is 4.70. The van der Waals surface area contributed by atoms with Gasteiger partial charge in [0.15, 0.2) is 5.82 Å². The largest absolute Gasteiger partial charge is 0.478 e. The second-order valence-electron chi connectivity index (χ2n) is 9.11. The van der Waals surface area contributed by atoms with Crippen molar-refractivity contribution < 1.29 is 9.90 Å². The standard InChI is InChI=1S/C29H26N6O2/c1-2-3-17-34-23-16-10-8-14-21(23)25(29(36)37)27(34)26(19-11-5-4-6-12-19)35-22-15-9-7-13-20(22)18-24(35)28-30-32-33-31-28/h4-16,18,26H,2-3,17H2,1H3,(H,36,37)(H,30,31,32,33). The van der Waals surface area contributed by atoms with Gasteiger partial charge in [0.1, 0.15) is 6.04 Å². The molecule has 0 amide bonds. The molecule has 8 heteroatoms. The molecule has 2 N–H and O–H groups in total. The number of aromatic nitrogens is 6. The van der Waals surface area contributed by atoms with Gasteiger partial charge in [-0.2, -0.15) is 0 Å². The molecule has 1 unspecified atom stereocenters. The Hall–Kier alpha value is -4.72. The van der Waals surface area contributed by atoms with Crippen molar-refractivity contribution in [3.8, 4) is 11.5 Å². The summed E-state index contributed by atoms with van der Waals surface area (Å²) in [7, 11) is 0. The van der Waals surface area contributed by atoms with E-state index in [4.69, 9.17) is 0 Å². The van der Waals surface area contributed by atoms with Crippen LogP contribution in [0.3, 0.4) is 0 Å². The third-order valence-corrected chi connectivity index (χ3v) is 6.93. The maximum Gasteiger partial charge on any atom is 0.338 e. The van der Waals surface area contributed by atoms with Crippen molar-refractivity contribution in [3.63, 3.8) is 0 Å². The predicted octanol–water partition coefficient (Wildman–Crippen LogP) is 5.91. The number of hydrogen-bond acceptors (Lipinski definition) is 4. The fourth-order valence-electron chi connectivity index (χ4n) is 5.36. The minimum atomic E-state index is -0.943. The van der Waals surface area contributed by atoms with Crippen LogP contribution in [0.25, 0.3) is 33.3 Å². The molecule has 0 aliphatic heterocycles. The Morgan fingerprint density at radius 2 is 1.70 bits per heavy atom. The molecule has 0 fully saturated rings. The highest BCUT2D eigenvalue weighted by Gasteiger charge is 2.32. The van der Waals surface area contributed by atoms with Crippen LogP contribution in [-0.2, 0) is 6.54 Å². The first-order valence-corrected chi connectivity index (χ1v) is 12.4. The molecule has 184 valence electrons. The number of aromatic carboxylic acids is 1. The first-order chi connectivity index (χ1) is 18.2. The molecule has 0 spiro atoms. The molecule has 3 aromatic carbocycles. The van der Waals surface area contributed by atoms with Gasteiger partial charge in [-0.3, -0.25) is 0 Å². The van der Waals surface area contributed by atoms with Gasteiger partial charge in [0.25, 0.3) is 0 Å². The summed E-state index contributed by atoms with van der Waals surface area (Å²) >= 11 is 0. The Balaban J connectivity index is 1.77. The number of aromatic amines is 1. The van der Waals surface area contributed by atoms with Crippen LogP contribution in [0.5, 0.6) is 0 Å². The Bertz CT molecular complexity index is 1700. The Morgan fingerprint density at radius 1 is 0.973 bits per heavy atom. The van der Waals surface area contributed by atoms with Gasteiger partial charge in [0.2, 0.25) is 0 Å². The Morgan fingerprint density at radius 3 is 2.43 bits per heavy atom. The van der Waals surface area contributed by atoms with Crippen LogP contribution in [0.1, 0.15) is 47.4 Å². The van der Waals surface area contributed by atoms with E-state index in [1.807, 2.05) is 66.7 Å². The molecule has 3 heterocycles. The van der Waals surface area contributed by atoms with Crippen molar-refractivity contribution >= 4 is 27.8 Å². The number of para-hydroxylation sites is 2. The molecule has 37 heavy (non-hydrogen) atoms. The summed E-state index contributed by atoms with van der Waals surface area (Å²) < 4.78 is 4.35. The number of aryl methyl sites for hydroxylation is 1. The van der Waals surface area contributed by atoms with Gasteiger partial charge >= 0.3 is 5.97 Å². The lowest BCUT2D eigenvalue weighted by atomic mass is 9.98. The number of tetrazole rings is 1. The molecular formula is C29H26N6O2. The summed E-state index contributed by atoms with van der Waals surface area (Å²) in [5.74, 6) is -0.424. The van der Waals surface area contributed by atoms with E-state index in [2.05, 4.69) is 54.9 Å². The van der Waals surface area contributed by atoms with E-state index in [1.165, 1.54) is 0 Å². The molecule has 0 aliphatic carbocycles. The van der Waals surface area contributed by atoms with Crippen molar-refractivity contribution in [3.05, 3.63) is 102 Å². The van der Waals surface area contributed by atoms with E-state index >= 15 is 0 Å². The van der Waals surface area contributed by atoms with Crippen LogP contribution >= 0.6 is 0 Å². The number of carboxylic acid groups (broad SMARTS) is 1. The van der Waals surface area contributed by atoms with Crippen molar-refractivity contribution in [2.45, 2.75) is 32.4 Å². The zero-order chi connectivity index (χ0) is 25.4. The van der Waals surface area contributed by atoms with Gasteiger partial charge in [-0.1, -0.05) is 80.1 Å². The number of hydrogen-bond donors (Lipinski definition) is 2. The number of rotatable bonds is 8. The molecule has 0 bridgehead atoms. The Labute approximate surface area is 213 Å². The van der Waals surface area contributed by atoms with Crippen molar-refractivity contribution in [1.29, 1.82) is 0 Å². The maximum atomic E-state index is 12.9. The van der Waals surface area contributed by atoms with Gasteiger partial charge < -0.3 is 14.2 Å². The lowest BCUT2D eigenvalue weighted by Gasteiger charge is -2.26. The van der Waals surface area contributed by atoms with E-state index in [9.17, 15) is 9.90 Å². The molecule has 0 radical (unpaired) electrons. The molecule has 3 aromatic heterocycles. The number of nitrogens with one attached hydrogen (secondary N) is 1. The number of unbranched alkanes of at least 4 members (excludes halogenated alkanes) is 1. The van der Waals surface area contributed by atoms with Gasteiger partial charge in [-0.25, -0.2) is 9.89 Å². The Kier molecular flexibility index (Phi) is 5.76. The van der Waals surface area contributed by atoms with Crippen LogP contribution < -0.4 is 0 Å². The topological polar surface area (TPSA) is 102 Å². The molecule has 8 nitrogen and oxygen atoms in total. The fraction of sp³-hybridized carbons (Fsp3) is 0.172. The van der Waals surface area contributed by atoms with Gasteiger partial charge in [-0.15, -0.1) is 5.10 Å².